The largest absolute Gasteiger partial charge is 0.497 e. The third-order valence-corrected chi connectivity index (χ3v) is 4.42. The molecule has 1 aromatic carbocycles. The molecule has 3 rings (SSSR count). The molecule has 0 radical (unpaired) electrons. The quantitative estimate of drug-likeness (QED) is 0.852. The predicted octanol–water partition coefficient (Wildman–Crippen LogP) is 3.02. The molecule has 5 nitrogen and oxygen atoms in total. The number of methoxy groups -OCH3 is 1. The zero-order valence-corrected chi connectivity index (χ0v) is 13.0. The summed E-state index contributed by atoms with van der Waals surface area (Å²) in [6.45, 7) is 0.724. The van der Waals surface area contributed by atoms with Gasteiger partial charge in [0.05, 0.1) is 7.11 Å². The average molecular weight is 302 g/mol. The van der Waals surface area contributed by atoms with Gasteiger partial charge in [0.1, 0.15) is 5.75 Å². The predicted molar refractivity (Wildman–Crippen MR) is 83.1 cm³/mol. The molecular formula is C17H22N2O3. The summed E-state index contributed by atoms with van der Waals surface area (Å²) in [5.41, 5.74) is 1.06. The van der Waals surface area contributed by atoms with E-state index < -0.39 is 0 Å². The van der Waals surface area contributed by atoms with Gasteiger partial charge in [-0.1, -0.05) is 36.6 Å². The number of hydrogen-bond acceptors (Lipinski definition) is 4. The summed E-state index contributed by atoms with van der Waals surface area (Å²) >= 11 is 0. The van der Waals surface area contributed by atoms with Gasteiger partial charge in [-0.3, -0.25) is 9.09 Å². The maximum absolute atomic E-state index is 11.9. The van der Waals surface area contributed by atoms with Gasteiger partial charge in [-0.25, -0.2) is 4.79 Å². The Morgan fingerprint density at radius 2 is 2.14 bits per heavy atom. The van der Waals surface area contributed by atoms with Crippen LogP contribution in [0.2, 0.25) is 0 Å². The lowest BCUT2D eigenvalue weighted by molar-refractivity contribution is 0.303. The van der Waals surface area contributed by atoms with Crippen molar-refractivity contribution in [3.63, 3.8) is 0 Å². The molecule has 1 aliphatic carbocycles. The highest BCUT2D eigenvalue weighted by molar-refractivity contribution is 5.30. The Hall–Kier alpha value is -2.04. The van der Waals surface area contributed by atoms with Crippen molar-refractivity contribution < 1.29 is 9.26 Å². The van der Waals surface area contributed by atoms with Crippen molar-refractivity contribution in [3.8, 4) is 5.75 Å². The Morgan fingerprint density at radius 3 is 2.91 bits per heavy atom. The molecule has 0 N–H and O–H groups in total. The molecular weight excluding hydrogens is 280 g/mol. The van der Waals surface area contributed by atoms with Gasteiger partial charge < -0.3 is 4.74 Å². The van der Waals surface area contributed by atoms with Crippen LogP contribution in [0, 0.1) is 5.92 Å². The van der Waals surface area contributed by atoms with Crippen molar-refractivity contribution in [2.45, 2.75) is 45.1 Å². The molecule has 0 unspecified atom stereocenters. The molecule has 1 saturated carbocycles. The summed E-state index contributed by atoms with van der Waals surface area (Å²) in [7, 11) is 1.65. The third-order valence-electron chi connectivity index (χ3n) is 4.42. The Bertz CT molecular complexity index is 669. The van der Waals surface area contributed by atoms with E-state index in [1.165, 1.54) is 32.1 Å². The molecule has 0 atom stereocenters. The van der Waals surface area contributed by atoms with Gasteiger partial charge in [-0.15, -0.1) is 0 Å². The fourth-order valence-electron chi connectivity index (χ4n) is 3.20. The summed E-state index contributed by atoms with van der Waals surface area (Å²) in [6, 6.07) is 7.82. The Morgan fingerprint density at radius 1 is 1.32 bits per heavy atom. The van der Waals surface area contributed by atoms with Crippen LogP contribution in [0.1, 0.15) is 43.5 Å². The van der Waals surface area contributed by atoms with Crippen molar-refractivity contribution in [1.29, 1.82) is 0 Å². The second-order valence-corrected chi connectivity index (χ2v) is 6.01. The molecule has 5 heteroatoms. The first kappa shape index (κ1) is 14.9. The van der Waals surface area contributed by atoms with Crippen LogP contribution in [0.15, 0.2) is 33.6 Å². The van der Waals surface area contributed by atoms with Crippen LogP contribution in [-0.2, 0) is 13.0 Å². The number of aromatic nitrogens is 2. The lowest BCUT2D eigenvalue weighted by Gasteiger charge is -2.21. The normalized spacial score (nSPS) is 15.9. The molecule has 0 aliphatic heterocycles. The van der Waals surface area contributed by atoms with Crippen molar-refractivity contribution >= 4 is 0 Å². The Balaban J connectivity index is 1.77. The molecule has 1 aliphatic rings. The molecule has 2 aromatic rings. The first-order chi connectivity index (χ1) is 10.8. The van der Waals surface area contributed by atoms with Crippen LogP contribution in [0.3, 0.4) is 0 Å². The van der Waals surface area contributed by atoms with E-state index in [0.717, 1.165) is 17.9 Å². The fourth-order valence-corrected chi connectivity index (χ4v) is 3.20. The summed E-state index contributed by atoms with van der Waals surface area (Å²) in [5.74, 6) is 1.73. The zero-order valence-electron chi connectivity index (χ0n) is 13.0. The van der Waals surface area contributed by atoms with Crippen LogP contribution in [0.4, 0.5) is 0 Å². The average Bonchev–Trinajstić information content (AvgIpc) is 2.89. The minimum atomic E-state index is -0.344. The molecule has 22 heavy (non-hydrogen) atoms. The Labute approximate surface area is 129 Å². The highest BCUT2D eigenvalue weighted by Crippen LogP contribution is 2.25. The molecule has 1 aromatic heterocycles. The molecule has 1 fully saturated rings. The molecule has 0 bridgehead atoms. The van der Waals surface area contributed by atoms with Crippen molar-refractivity contribution in [2.24, 2.45) is 5.92 Å². The topological polar surface area (TPSA) is 57.3 Å². The van der Waals surface area contributed by atoms with Gasteiger partial charge in [0.25, 0.3) is 0 Å². The van der Waals surface area contributed by atoms with E-state index in [4.69, 9.17) is 9.26 Å². The van der Waals surface area contributed by atoms with Gasteiger partial charge >= 0.3 is 5.76 Å². The van der Waals surface area contributed by atoms with Crippen molar-refractivity contribution in [3.05, 3.63) is 46.2 Å². The van der Waals surface area contributed by atoms with Gasteiger partial charge in [0, 0.05) is 13.0 Å². The maximum atomic E-state index is 11.9. The molecule has 0 spiro atoms. The minimum Gasteiger partial charge on any atom is -0.497 e. The second kappa shape index (κ2) is 6.81. The number of benzene rings is 1. The lowest BCUT2D eigenvalue weighted by atomic mass is 9.89. The summed E-state index contributed by atoms with van der Waals surface area (Å²) in [6.07, 6.45) is 6.79. The van der Waals surface area contributed by atoms with E-state index in [0.29, 0.717) is 18.2 Å². The number of nitrogens with zero attached hydrogens (tertiary/aromatic N) is 2. The molecule has 118 valence electrons. The minimum absolute atomic E-state index is 0.344. The second-order valence-electron chi connectivity index (χ2n) is 6.01. The lowest BCUT2D eigenvalue weighted by Crippen LogP contribution is -2.23. The zero-order chi connectivity index (χ0) is 15.4. The van der Waals surface area contributed by atoms with Gasteiger partial charge in [0.15, 0.2) is 5.82 Å². The van der Waals surface area contributed by atoms with E-state index in [1.807, 2.05) is 24.3 Å². The number of rotatable bonds is 5. The number of hydrogen-bond donors (Lipinski definition) is 0. The fraction of sp³-hybridized carbons (Fsp3) is 0.529. The first-order valence-electron chi connectivity index (χ1n) is 7.94. The van der Waals surface area contributed by atoms with Gasteiger partial charge in [-0.05, 0) is 36.5 Å². The molecule has 0 amide bonds. The van der Waals surface area contributed by atoms with Crippen LogP contribution in [0.5, 0.6) is 5.75 Å². The standard InChI is InChI=1S/C17H22N2O3/c1-21-15-9-5-8-14(10-15)11-16-18-22-17(20)19(16)12-13-6-3-2-4-7-13/h5,8-10,13H,2-4,6-7,11-12H2,1H3. The van der Waals surface area contributed by atoms with Crippen LogP contribution in [-0.4, -0.2) is 16.8 Å². The van der Waals surface area contributed by atoms with E-state index >= 15 is 0 Å². The SMILES string of the molecule is COc1cccc(Cc2noc(=O)n2CC2CCCCC2)c1. The first-order valence-corrected chi connectivity index (χ1v) is 7.94. The van der Waals surface area contributed by atoms with Crippen molar-refractivity contribution in [2.75, 3.05) is 7.11 Å². The molecule has 1 heterocycles. The smallest absolute Gasteiger partial charge is 0.441 e. The van der Waals surface area contributed by atoms with E-state index in [9.17, 15) is 4.79 Å². The van der Waals surface area contributed by atoms with E-state index in [-0.39, 0.29) is 5.76 Å². The highest BCUT2D eigenvalue weighted by atomic mass is 16.5. The summed E-state index contributed by atoms with van der Waals surface area (Å²) in [5, 5.41) is 3.97. The van der Waals surface area contributed by atoms with Gasteiger partial charge in [-0.2, -0.15) is 0 Å². The van der Waals surface area contributed by atoms with Crippen molar-refractivity contribution in [1.82, 2.24) is 9.72 Å². The maximum Gasteiger partial charge on any atom is 0.441 e. The Kier molecular flexibility index (Phi) is 4.61. The third kappa shape index (κ3) is 3.40. The van der Waals surface area contributed by atoms with E-state index in [1.54, 1.807) is 11.7 Å². The van der Waals surface area contributed by atoms with Crippen LogP contribution >= 0.6 is 0 Å². The number of ether oxygens (including phenoxy) is 1. The van der Waals surface area contributed by atoms with Gasteiger partial charge in [0.2, 0.25) is 0 Å². The monoisotopic (exact) mass is 302 g/mol. The summed E-state index contributed by atoms with van der Waals surface area (Å²) < 4.78 is 11.8. The molecule has 0 saturated heterocycles. The van der Waals surface area contributed by atoms with Crippen LogP contribution < -0.4 is 10.5 Å². The highest BCUT2D eigenvalue weighted by Gasteiger charge is 2.19. The van der Waals surface area contributed by atoms with E-state index in [2.05, 4.69) is 5.16 Å². The summed E-state index contributed by atoms with van der Waals surface area (Å²) in [4.78, 5) is 11.9. The van der Waals surface area contributed by atoms with Crippen LogP contribution in [0.25, 0.3) is 0 Å².